The zero-order chi connectivity index (χ0) is 17.0. The van der Waals surface area contributed by atoms with Crippen LogP contribution in [0, 0.1) is 5.92 Å². The molecule has 23 heavy (non-hydrogen) atoms. The number of benzene rings is 1. The van der Waals surface area contributed by atoms with Gasteiger partial charge in [-0.3, -0.25) is 4.79 Å². The van der Waals surface area contributed by atoms with Gasteiger partial charge in [0.15, 0.2) is 0 Å². The molecule has 126 valence electrons. The van der Waals surface area contributed by atoms with Crippen molar-refractivity contribution >= 4 is 21.6 Å². The van der Waals surface area contributed by atoms with Crippen LogP contribution >= 0.6 is 0 Å². The molecule has 1 aliphatic carbocycles. The smallest absolute Gasteiger partial charge is 0.243 e. The lowest BCUT2D eigenvalue weighted by atomic mass is 9.93. The van der Waals surface area contributed by atoms with Gasteiger partial charge in [-0.25, -0.2) is 8.42 Å². The number of rotatable bonds is 5. The minimum absolute atomic E-state index is 0.00418. The third kappa shape index (κ3) is 4.20. The van der Waals surface area contributed by atoms with E-state index in [2.05, 4.69) is 11.4 Å². The van der Waals surface area contributed by atoms with Crippen LogP contribution in [0.2, 0.25) is 0 Å². The molecule has 0 bridgehead atoms. The van der Waals surface area contributed by atoms with E-state index in [1.807, 2.05) is 19.9 Å². The fourth-order valence-corrected chi connectivity index (χ4v) is 3.80. The predicted octanol–water partition coefficient (Wildman–Crippen LogP) is 3.01. The number of allylic oxidation sites excluding steroid dienone is 2. The molecule has 0 saturated heterocycles. The van der Waals surface area contributed by atoms with Crippen molar-refractivity contribution in [3.05, 3.63) is 36.4 Å². The van der Waals surface area contributed by atoms with E-state index in [1.165, 1.54) is 16.4 Å². The first-order valence-corrected chi connectivity index (χ1v) is 9.30. The molecule has 1 unspecified atom stereocenters. The van der Waals surface area contributed by atoms with E-state index in [4.69, 9.17) is 0 Å². The van der Waals surface area contributed by atoms with E-state index in [9.17, 15) is 13.2 Å². The molecule has 5 nitrogen and oxygen atoms in total. The summed E-state index contributed by atoms with van der Waals surface area (Å²) in [5, 5.41) is 2.86. The fraction of sp³-hybridized carbons (Fsp3) is 0.471. The van der Waals surface area contributed by atoms with Crippen LogP contribution in [0.25, 0.3) is 0 Å². The Hall–Kier alpha value is -1.66. The molecular weight excluding hydrogens is 312 g/mol. The summed E-state index contributed by atoms with van der Waals surface area (Å²) in [6.07, 6.45) is 6.67. The number of anilines is 1. The zero-order valence-corrected chi connectivity index (χ0v) is 14.6. The second kappa shape index (κ2) is 7.27. The topological polar surface area (TPSA) is 66.5 Å². The summed E-state index contributed by atoms with van der Waals surface area (Å²) >= 11 is 0. The van der Waals surface area contributed by atoms with Gasteiger partial charge in [-0.1, -0.05) is 12.2 Å². The van der Waals surface area contributed by atoms with Crippen molar-refractivity contribution in [1.29, 1.82) is 0 Å². The van der Waals surface area contributed by atoms with Gasteiger partial charge in [0.25, 0.3) is 0 Å². The van der Waals surface area contributed by atoms with Crippen LogP contribution < -0.4 is 5.32 Å². The first-order chi connectivity index (χ1) is 10.8. The quantitative estimate of drug-likeness (QED) is 0.841. The van der Waals surface area contributed by atoms with Gasteiger partial charge in [-0.05, 0) is 57.4 Å². The van der Waals surface area contributed by atoms with Crippen LogP contribution in [0.5, 0.6) is 0 Å². The van der Waals surface area contributed by atoms with Crippen LogP contribution in [0.1, 0.15) is 33.1 Å². The van der Waals surface area contributed by atoms with Gasteiger partial charge in [0, 0.05) is 24.7 Å². The first kappa shape index (κ1) is 17.7. The standard InChI is InChI=1S/C17H24N2O3S/c1-13(2)19(3)23(21,22)16-11-9-15(10-12-16)18-17(20)14-7-5-4-6-8-14/h4-5,9-14H,6-8H2,1-3H3,(H,18,20). The lowest BCUT2D eigenvalue weighted by molar-refractivity contribution is -0.120. The van der Waals surface area contributed by atoms with Crippen LogP contribution in [0.3, 0.4) is 0 Å². The first-order valence-electron chi connectivity index (χ1n) is 7.86. The van der Waals surface area contributed by atoms with Crippen molar-refractivity contribution in [2.75, 3.05) is 12.4 Å². The van der Waals surface area contributed by atoms with Gasteiger partial charge in [-0.15, -0.1) is 0 Å². The maximum atomic E-state index is 12.4. The molecule has 1 aromatic rings. The molecule has 0 fully saturated rings. The summed E-state index contributed by atoms with van der Waals surface area (Å²) in [6, 6.07) is 6.23. The van der Waals surface area contributed by atoms with Gasteiger partial charge in [-0.2, -0.15) is 4.31 Å². The highest BCUT2D eigenvalue weighted by Gasteiger charge is 2.23. The Morgan fingerprint density at radius 2 is 1.87 bits per heavy atom. The Labute approximate surface area is 138 Å². The molecule has 6 heteroatoms. The third-order valence-electron chi connectivity index (χ3n) is 4.17. The lowest BCUT2D eigenvalue weighted by Crippen LogP contribution is -2.33. The second-order valence-electron chi connectivity index (χ2n) is 6.11. The summed E-state index contributed by atoms with van der Waals surface area (Å²) in [5.74, 6) is -0.0141. The minimum Gasteiger partial charge on any atom is -0.326 e. The highest BCUT2D eigenvalue weighted by Crippen LogP contribution is 2.22. The molecule has 2 rings (SSSR count). The van der Waals surface area contributed by atoms with Crippen molar-refractivity contribution in [2.45, 2.75) is 44.0 Å². The molecule has 0 heterocycles. The number of nitrogens with zero attached hydrogens (tertiary/aromatic N) is 1. The maximum Gasteiger partial charge on any atom is 0.243 e. The Balaban J connectivity index is 2.07. The van der Waals surface area contributed by atoms with Crippen molar-refractivity contribution < 1.29 is 13.2 Å². The number of hydrogen-bond acceptors (Lipinski definition) is 3. The van der Waals surface area contributed by atoms with Crippen molar-refractivity contribution in [3.63, 3.8) is 0 Å². The van der Waals surface area contributed by atoms with E-state index in [0.717, 1.165) is 19.3 Å². The molecular formula is C17H24N2O3S. The SMILES string of the molecule is CC(C)N(C)S(=O)(=O)c1ccc(NC(=O)C2CC=CCC2)cc1. The van der Waals surface area contributed by atoms with Crippen LogP contribution in [0.15, 0.2) is 41.3 Å². The summed E-state index contributed by atoms with van der Waals surface area (Å²) in [7, 11) is -1.93. The summed E-state index contributed by atoms with van der Waals surface area (Å²) in [6.45, 7) is 3.65. The van der Waals surface area contributed by atoms with Gasteiger partial charge < -0.3 is 5.32 Å². The average molecular weight is 336 g/mol. The van der Waals surface area contributed by atoms with E-state index >= 15 is 0 Å². The molecule has 1 amide bonds. The highest BCUT2D eigenvalue weighted by atomic mass is 32.2. The Morgan fingerprint density at radius 3 is 2.39 bits per heavy atom. The molecule has 0 aromatic heterocycles. The van der Waals surface area contributed by atoms with E-state index in [1.54, 1.807) is 19.2 Å². The van der Waals surface area contributed by atoms with Crippen molar-refractivity contribution in [2.24, 2.45) is 5.92 Å². The number of carbonyl (C=O) groups is 1. The zero-order valence-electron chi connectivity index (χ0n) is 13.8. The summed E-state index contributed by atoms with van der Waals surface area (Å²) in [5.41, 5.74) is 0.621. The lowest BCUT2D eigenvalue weighted by Gasteiger charge is -2.21. The molecule has 1 atom stereocenters. The summed E-state index contributed by atoms with van der Waals surface area (Å²) in [4.78, 5) is 12.4. The molecule has 0 radical (unpaired) electrons. The van der Waals surface area contributed by atoms with Gasteiger partial charge in [0.2, 0.25) is 15.9 Å². The number of sulfonamides is 1. The van der Waals surface area contributed by atoms with E-state index in [-0.39, 0.29) is 22.8 Å². The molecule has 1 aliphatic rings. The number of nitrogens with one attached hydrogen (secondary N) is 1. The molecule has 0 spiro atoms. The predicted molar refractivity (Wildman–Crippen MR) is 91.6 cm³/mol. The van der Waals surface area contributed by atoms with Crippen LogP contribution in [0.4, 0.5) is 5.69 Å². The average Bonchev–Trinajstić information content (AvgIpc) is 2.55. The van der Waals surface area contributed by atoms with Crippen molar-refractivity contribution in [1.82, 2.24) is 4.31 Å². The molecule has 1 aromatic carbocycles. The van der Waals surface area contributed by atoms with Gasteiger partial charge in [0.1, 0.15) is 0 Å². The number of hydrogen-bond donors (Lipinski definition) is 1. The van der Waals surface area contributed by atoms with E-state index in [0.29, 0.717) is 5.69 Å². The second-order valence-corrected chi connectivity index (χ2v) is 8.11. The maximum absolute atomic E-state index is 12.4. The van der Waals surface area contributed by atoms with Crippen LogP contribution in [-0.2, 0) is 14.8 Å². The largest absolute Gasteiger partial charge is 0.326 e. The summed E-state index contributed by atoms with van der Waals surface area (Å²) < 4.78 is 26.1. The highest BCUT2D eigenvalue weighted by molar-refractivity contribution is 7.89. The number of amides is 1. The van der Waals surface area contributed by atoms with Crippen LogP contribution in [-0.4, -0.2) is 31.7 Å². The Kier molecular flexibility index (Phi) is 5.59. The molecule has 0 saturated carbocycles. The normalized spacial score (nSPS) is 18.4. The van der Waals surface area contributed by atoms with Gasteiger partial charge in [0.05, 0.1) is 4.90 Å². The third-order valence-corrected chi connectivity index (χ3v) is 6.21. The molecule has 1 N–H and O–H groups in total. The van der Waals surface area contributed by atoms with E-state index < -0.39 is 10.0 Å². The molecule has 0 aliphatic heterocycles. The Morgan fingerprint density at radius 1 is 1.22 bits per heavy atom. The minimum atomic E-state index is -3.49. The number of carbonyl (C=O) groups excluding carboxylic acids is 1. The Bertz CT molecular complexity index is 678. The van der Waals surface area contributed by atoms with Gasteiger partial charge >= 0.3 is 0 Å². The monoisotopic (exact) mass is 336 g/mol. The van der Waals surface area contributed by atoms with Crippen molar-refractivity contribution in [3.8, 4) is 0 Å². The fourth-order valence-electron chi connectivity index (χ4n) is 2.43.